The molecule has 0 spiro atoms. The number of rotatable bonds is 8. The van der Waals surface area contributed by atoms with Crippen LogP contribution < -0.4 is 16.0 Å². The molecule has 8 heteroatoms. The number of urea groups is 1. The van der Waals surface area contributed by atoms with Gasteiger partial charge in [0.05, 0.1) is 12.1 Å². The summed E-state index contributed by atoms with van der Waals surface area (Å²) in [5.41, 5.74) is 0. The van der Waals surface area contributed by atoms with Crippen LogP contribution in [0.2, 0.25) is 0 Å². The average Bonchev–Trinajstić information content (AvgIpc) is 2.76. The number of carbonyl (C=O) groups excluding carboxylic acids is 2. The van der Waals surface area contributed by atoms with Crippen molar-refractivity contribution in [2.24, 2.45) is 11.8 Å². The Balaban J connectivity index is 1.34. The van der Waals surface area contributed by atoms with Gasteiger partial charge in [-0.3, -0.25) is 4.79 Å². The number of hydrogen-bond donors (Lipinski definition) is 4. The quantitative estimate of drug-likeness (QED) is 0.452. The molecule has 0 heterocycles. The van der Waals surface area contributed by atoms with E-state index in [2.05, 4.69) is 22.9 Å². The van der Waals surface area contributed by atoms with Crippen LogP contribution in [0.3, 0.4) is 0 Å². The first-order valence-corrected chi connectivity index (χ1v) is 12.6. The molecule has 0 aromatic rings. The number of carbonyl (C=O) groups is 3. The minimum atomic E-state index is -0.979. The van der Waals surface area contributed by atoms with Crippen molar-refractivity contribution in [1.82, 2.24) is 16.0 Å². The molecule has 8 nitrogen and oxygen atoms in total. The predicted molar refractivity (Wildman–Crippen MR) is 121 cm³/mol. The van der Waals surface area contributed by atoms with Crippen molar-refractivity contribution < 1.29 is 24.2 Å². The molecule has 4 N–H and O–H groups in total. The monoisotopic (exact) mass is 451 g/mol. The predicted octanol–water partition coefficient (Wildman–Crippen LogP) is 3.34. The van der Waals surface area contributed by atoms with Gasteiger partial charge in [0.1, 0.15) is 6.61 Å². The van der Waals surface area contributed by atoms with Gasteiger partial charge in [0.15, 0.2) is 0 Å². The second kappa shape index (κ2) is 12.4. The molecule has 4 unspecified atom stereocenters. The van der Waals surface area contributed by atoms with Crippen molar-refractivity contribution in [2.45, 2.75) is 115 Å². The van der Waals surface area contributed by atoms with Gasteiger partial charge in [-0.05, 0) is 63.2 Å². The van der Waals surface area contributed by atoms with E-state index in [-0.39, 0.29) is 42.8 Å². The zero-order chi connectivity index (χ0) is 22.9. The largest absolute Gasteiger partial charge is 0.480 e. The van der Waals surface area contributed by atoms with Crippen molar-refractivity contribution >= 4 is 17.9 Å². The Morgan fingerprint density at radius 1 is 0.812 bits per heavy atom. The van der Waals surface area contributed by atoms with Gasteiger partial charge in [0.25, 0.3) is 0 Å². The highest BCUT2D eigenvalue weighted by molar-refractivity contribution is 5.76. The number of aliphatic carboxylic acids is 1. The van der Waals surface area contributed by atoms with E-state index in [0.717, 1.165) is 57.8 Å². The van der Waals surface area contributed by atoms with Gasteiger partial charge in [0, 0.05) is 18.5 Å². The lowest BCUT2D eigenvalue weighted by Crippen LogP contribution is -2.50. The molecule has 3 fully saturated rings. The molecule has 3 amide bonds. The van der Waals surface area contributed by atoms with Gasteiger partial charge in [-0.1, -0.05) is 32.6 Å². The summed E-state index contributed by atoms with van der Waals surface area (Å²) in [6, 6.07) is 0.321. The van der Waals surface area contributed by atoms with Crippen LogP contribution in [-0.4, -0.2) is 53.9 Å². The molecule has 0 aromatic heterocycles. The van der Waals surface area contributed by atoms with E-state index in [9.17, 15) is 14.4 Å². The molecule has 3 aliphatic rings. The van der Waals surface area contributed by atoms with Gasteiger partial charge >= 0.3 is 12.0 Å². The minimum absolute atomic E-state index is 0.0289. The second-order valence-corrected chi connectivity index (χ2v) is 10.1. The first-order chi connectivity index (χ1) is 15.4. The maximum absolute atomic E-state index is 12.6. The summed E-state index contributed by atoms with van der Waals surface area (Å²) in [4.78, 5) is 35.8. The molecule has 0 saturated heterocycles. The van der Waals surface area contributed by atoms with Gasteiger partial charge in [-0.25, -0.2) is 9.59 Å². The van der Waals surface area contributed by atoms with E-state index in [1.807, 2.05) is 0 Å². The topological polar surface area (TPSA) is 117 Å². The number of carboxylic acids is 1. The molecule has 182 valence electrons. The first kappa shape index (κ1) is 24.8. The first-order valence-electron chi connectivity index (χ1n) is 12.6. The SMILES string of the molecule is CC1CCCCC1NC(=O)NC1CCC(CC(=O)NC2CCCCC2OCC(=O)O)CC1. The van der Waals surface area contributed by atoms with Crippen LogP contribution >= 0.6 is 0 Å². The summed E-state index contributed by atoms with van der Waals surface area (Å²) in [6.45, 7) is 1.90. The lowest BCUT2D eigenvalue weighted by Gasteiger charge is -2.33. The fourth-order valence-corrected chi connectivity index (χ4v) is 5.60. The lowest BCUT2D eigenvalue weighted by molar-refractivity contribution is -0.145. The summed E-state index contributed by atoms with van der Waals surface area (Å²) >= 11 is 0. The van der Waals surface area contributed by atoms with E-state index < -0.39 is 5.97 Å². The molecule has 3 rings (SSSR count). The Bertz CT molecular complexity index is 635. The number of carboxylic acid groups (broad SMARTS) is 1. The van der Waals surface area contributed by atoms with E-state index >= 15 is 0 Å². The fourth-order valence-electron chi connectivity index (χ4n) is 5.60. The molecule has 0 bridgehead atoms. The summed E-state index contributed by atoms with van der Waals surface area (Å²) < 4.78 is 5.50. The smallest absolute Gasteiger partial charge is 0.329 e. The van der Waals surface area contributed by atoms with Crippen LogP contribution in [-0.2, 0) is 14.3 Å². The van der Waals surface area contributed by atoms with E-state index in [1.165, 1.54) is 19.3 Å². The van der Waals surface area contributed by atoms with E-state index in [4.69, 9.17) is 9.84 Å². The Kier molecular flexibility index (Phi) is 9.63. The Hall–Kier alpha value is -1.83. The Labute approximate surface area is 191 Å². The summed E-state index contributed by atoms with van der Waals surface area (Å²) in [5, 5.41) is 18.3. The number of nitrogens with one attached hydrogen (secondary N) is 3. The third kappa shape index (κ3) is 7.94. The summed E-state index contributed by atoms with van der Waals surface area (Å²) in [6.07, 6.45) is 12.3. The average molecular weight is 452 g/mol. The van der Waals surface area contributed by atoms with Gasteiger partial charge in [-0.2, -0.15) is 0 Å². The minimum Gasteiger partial charge on any atom is -0.480 e. The van der Waals surface area contributed by atoms with Crippen LogP contribution in [0.15, 0.2) is 0 Å². The van der Waals surface area contributed by atoms with Crippen LogP contribution in [0.4, 0.5) is 4.79 Å². The Morgan fingerprint density at radius 3 is 2.16 bits per heavy atom. The normalized spacial score (nSPS) is 33.2. The van der Waals surface area contributed by atoms with Crippen molar-refractivity contribution in [1.29, 1.82) is 0 Å². The highest BCUT2D eigenvalue weighted by Gasteiger charge is 2.30. The molecular weight excluding hydrogens is 410 g/mol. The molecule has 3 aliphatic carbocycles. The highest BCUT2D eigenvalue weighted by atomic mass is 16.5. The Morgan fingerprint density at radius 2 is 1.47 bits per heavy atom. The van der Waals surface area contributed by atoms with Crippen LogP contribution in [0, 0.1) is 11.8 Å². The summed E-state index contributed by atoms with van der Waals surface area (Å²) in [7, 11) is 0. The second-order valence-electron chi connectivity index (χ2n) is 10.1. The van der Waals surface area contributed by atoms with Crippen LogP contribution in [0.25, 0.3) is 0 Å². The van der Waals surface area contributed by atoms with Crippen molar-refractivity contribution in [3.8, 4) is 0 Å². The number of ether oxygens (including phenoxy) is 1. The highest BCUT2D eigenvalue weighted by Crippen LogP contribution is 2.28. The van der Waals surface area contributed by atoms with Crippen LogP contribution in [0.1, 0.15) is 90.4 Å². The summed E-state index contributed by atoms with van der Waals surface area (Å²) in [5.74, 6) is -0.0762. The van der Waals surface area contributed by atoms with Gasteiger partial charge in [0.2, 0.25) is 5.91 Å². The third-order valence-corrected chi connectivity index (χ3v) is 7.55. The molecule has 0 radical (unpaired) electrons. The van der Waals surface area contributed by atoms with Gasteiger partial charge in [-0.15, -0.1) is 0 Å². The van der Waals surface area contributed by atoms with Crippen molar-refractivity contribution in [3.05, 3.63) is 0 Å². The maximum atomic E-state index is 12.6. The van der Waals surface area contributed by atoms with E-state index in [0.29, 0.717) is 18.3 Å². The molecule has 4 atom stereocenters. The number of hydrogen-bond acceptors (Lipinski definition) is 4. The van der Waals surface area contributed by atoms with Crippen molar-refractivity contribution in [2.75, 3.05) is 6.61 Å². The lowest BCUT2D eigenvalue weighted by atomic mass is 9.83. The third-order valence-electron chi connectivity index (χ3n) is 7.55. The molecular formula is C24H41N3O5. The van der Waals surface area contributed by atoms with E-state index in [1.54, 1.807) is 0 Å². The van der Waals surface area contributed by atoms with Gasteiger partial charge < -0.3 is 25.8 Å². The number of amides is 3. The zero-order valence-electron chi connectivity index (χ0n) is 19.4. The van der Waals surface area contributed by atoms with Crippen LogP contribution in [0.5, 0.6) is 0 Å². The fraction of sp³-hybridized carbons (Fsp3) is 0.875. The maximum Gasteiger partial charge on any atom is 0.329 e. The molecule has 0 aromatic carbocycles. The van der Waals surface area contributed by atoms with Crippen molar-refractivity contribution in [3.63, 3.8) is 0 Å². The molecule has 3 saturated carbocycles. The molecule has 0 aliphatic heterocycles. The standard InChI is InChI=1S/C24H41N3O5/c1-16-6-2-3-7-19(16)27-24(31)25-18-12-10-17(11-13-18)14-22(28)26-20-8-4-5-9-21(20)32-15-23(29)30/h16-21H,2-15H2,1H3,(H,26,28)(H,29,30)(H2,25,27,31). The zero-order valence-corrected chi connectivity index (χ0v) is 19.4. The molecule has 32 heavy (non-hydrogen) atoms.